The molecule has 0 atom stereocenters. The first-order chi connectivity index (χ1) is 11.6. The molecule has 120 valence electrons. The second kappa shape index (κ2) is 5.45. The Bertz CT molecular complexity index is 963. The van der Waals surface area contributed by atoms with Gasteiger partial charge in [0.2, 0.25) is 0 Å². The number of para-hydroxylation sites is 1. The van der Waals surface area contributed by atoms with E-state index in [2.05, 4.69) is 10.2 Å². The summed E-state index contributed by atoms with van der Waals surface area (Å²) in [5.74, 6) is -0.242. The standard InChI is InChI=1S/C17H14N4O3/c22-17(20-9-3-5-11-4-1-2-6-15(11)20)16-13-10-12(21(23)24)7-8-14(13)18-19-16/h1-2,4,6-8,10H,3,5,9H2,(H,18,19). The second-order valence-electron chi connectivity index (χ2n) is 5.75. The number of aromatic nitrogens is 2. The van der Waals surface area contributed by atoms with Gasteiger partial charge in [-0.15, -0.1) is 0 Å². The van der Waals surface area contributed by atoms with Crippen LogP contribution in [-0.4, -0.2) is 27.6 Å². The highest BCUT2D eigenvalue weighted by molar-refractivity contribution is 6.13. The molecular weight excluding hydrogens is 308 g/mol. The highest BCUT2D eigenvalue weighted by Gasteiger charge is 2.27. The molecule has 0 aliphatic carbocycles. The number of hydrogen-bond donors (Lipinski definition) is 1. The van der Waals surface area contributed by atoms with Crippen LogP contribution in [0.2, 0.25) is 0 Å². The lowest BCUT2D eigenvalue weighted by atomic mass is 10.0. The molecule has 3 aromatic rings. The van der Waals surface area contributed by atoms with Gasteiger partial charge in [0.25, 0.3) is 11.6 Å². The number of fused-ring (bicyclic) bond motifs is 2. The smallest absolute Gasteiger partial charge is 0.279 e. The average molecular weight is 322 g/mol. The molecule has 7 heteroatoms. The molecule has 1 N–H and O–H groups in total. The predicted octanol–water partition coefficient (Wildman–Crippen LogP) is 3.06. The van der Waals surface area contributed by atoms with Gasteiger partial charge in [0.05, 0.1) is 10.4 Å². The van der Waals surface area contributed by atoms with Crippen molar-refractivity contribution in [3.63, 3.8) is 0 Å². The fourth-order valence-electron chi connectivity index (χ4n) is 3.15. The van der Waals surface area contributed by atoms with Gasteiger partial charge in [0.1, 0.15) is 0 Å². The number of anilines is 1. The van der Waals surface area contributed by atoms with E-state index >= 15 is 0 Å². The maximum Gasteiger partial charge on any atom is 0.279 e. The normalized spacial score (nSPS) is 13.8. The average Bonchev–Trinajstić information content (AvgIpc) is 3.03. The van der Waals surface area contributed by atoms with Gasteiger partial charge in [-0.2, -0.15) is 5.10 Å². The van der Waals surface area contributed by atoms with Gasteiger partial charge in [-0.25, -0.2) is 0 Å². The van der Waals surface area contributed by atoms with Crippen LogP contribution in [-0.2, 0) is 6.42 Å². The summed E-state index contributed by atoms with van der Waals surface area (Å²) in [6.07, 6.45) is 1.82. The Hall–Kier alpha value is -3.22. The van der Waals surface area contributed by atoms with Crippen LogP contribution in [0.4, 0.5) is 11.4 Å². The number of aryl methyl sites for hydroxylation is 1. The van der Waals surface area contributed by atoms with Gasteiger partial charge in [-0.1, -0.05) is 18.2 Å². The van der Waals surface area contributed by atoms with Crippen molar-refractivity contribution in [3.05, 3.63) is 63.8 Å². The largest absolute Gasteiger partial charge is 0.307 e. The number of benzene rings is 2. The minimum absolute atomic E-state index is 0.0583. The molecule has 0 bridgehead atoms. The topological polar surface area (TPSA) is 92.1 Å². The number of non-ortho nitro benzene ring substituents is 1. The van der Waals surface area contributed by atoms with Crippen molar-refractivity contribution in [2.45, 2.75) is 12.8 Å². The number of nitro benzene ring substituents is 1. The summed E-state index contributed by atoms with van der Waals surface area (Å²) in [5, 5.41) is 18.3. The fourth-order valence-corrected chi connectivity index (χ4v) is 3.15. The first-order valence-corrected chi connectivity index (χ1v) is 7.67. The number of hydrogen-bond acceptors (Lipinski definition) is 4. The summed E-state index contributed by atoms with van der Waals surface area (Å²) < 4.78 is 0. The molecule has 0 saturated carbocycles. The Morgan fingerprint density at radius 1 is 1.25 bits per heavy atom. The first-order valence-electron chi connectivity index (χ1n) is 7.67. The Morgan fingerprint density at radius 2 is 2.08 bits per heavy atom. The van der Waals surface area contributed by atoms with E-state index in [1.165, 1.54) is 12.1 Å². The molecule has 1 aromatic heterocycles. The zero-order valence-corrected chi connectivity index (χ0v) is 12.7. The van der Waals surface area contributed by atoms with E-state index in [1.54, 1.807) is 11.0 Å². The molecular formula is C17H14N4O3. The SMILES string of the molecule is O=C(c1n[nH]c2ccc([N+](=O)[O-])cc12)N1CCCc2ccccc21. The molecule has 1 aliphatic heterocycles. The second-order valence-corrected chi connectivity index (χ2v) is 5.75. The third kappa shape index (κ3) is 2.21. The number of nitro groups is 1. The van der Waals surface area contributed by atoms with Crippen LogP contribution < -0.4 is 4.90 Å². The highest BCUT2D eigenvalue weighted by atomic mass is 16.6. The minimum atomic E-state index is -0.475. The van der Waals surface area contributed by atoms with Crippen molar-refractivity contribution in [3.8, 4) is 0 Å². The van der Waals surface area contributed by atoms with Gasteiger partial charge < -0.3 is 4.90 Å². The molecule has 24 heavy (non-hydrogen) atoms. The van der Waals surface area contributed by atoms with Crippen molar-refractivity contribution in [1.82, 2.24) is 10.2 Å². The fraction of sp³-hybridized carbons (Fsp3) is 0.176. The summed E-state index contributed by atoms with van der Waals surface area (Å²) in [5.41, 5.74) is 2.77. The molecule has 0 fully saturated rings. The number of rotatable bonds is 2. The minimum Gasteiger partial charge on any atom is -0.307 e. The zero-order valence-electron chi connectivity index (χ0n) is 12.7. The van der Waals surface area contributed by atoms with Gasteiger partial charge in [0, 0.05) is 29.8 Å². The van der Waals surface area contributed by atoms with Crippen molar-refractivity contribution >= 4 is 28.2 Å². The molecule has 2 heterocycles. The first kappa shape index (κ1) is 14.4. The number of carbonyl (C=O) groups excluding carboxylic acids is 1. The number of carbonyl (C=O) groups is 1. The van der Waals surface area contributed by atoms with Crippen LogP contribution in [0.3, 0.4) is 0 Å². The third-order valence-electron chi connectivity index (χ3n) is 4.32. The molecule has 0 unspecified atom stereocenters. The van der Waals surface area contributed by atoms with Crippen LogP contribution in [0.15, 0.2) is 42.5 Å². The van der Waals surface area contributed by atoms with Crippen molar-refractivity contribution in [1.29, 1.82) is 0 Å². The van der Waals surface area contributed by atoms with E-state index in [1.807, 2.05) is 24.3 Å². The van der Waals surface area contributed by atoms with Crippen molar-refractivity contribution < 1.29 is 9.72 Å². The van der Waals surface area contributed by atoms with Gasteiger partial charge in [0.15, 0.2) is 5.69 Å². The lowest BCUT2D eigenvalue weighted by Gasteiger charge is -2.28. The Labute approximate surface area is 137 Å². The van der Waals surface area contributed by atoms with E-state index in [9.17, 15) is 14.9 Å². The summed E-state index contributed by atoms with van der Waals surface area (Å²) in [4.78, 5) is 25.2. The van der Waals surface area contributed by atoms with E-state index < -0.39 is 4.92 Å². The summed E-state index contributed by atoms with van der Waals surface area (Å²) in [6.45, 7) is 0.610. The van der Waals surface area contributed by atoms with Crippen molar-refractivity contribution in [2.75, 3.05) is 11.4 Å². The number of nitrogens with one attached hydrogen (secondary N) is 1. The number of amides is 1. The van der Waals surface area contributed by atoms with Crippen LogP contribution >= 0.6 is 0 Å². The lowest BCUT2D eigenvalue weighted by molar-refractivity contribution is -0.384. The summed E-state index contributed by atoms with van der Waals surface area (Å²) in [7, 11) is 0. The third-order valence-corrected chi connectivity index (χ3v) is 4.32. The summed E-state index contributed by atoms with van der Waals surface area (Å²) in [6, 6.07) is 12.2. The zero-order chi connectivity index (χ0) is 16.7. The Morgan fingerprint density at radius 3 is 2.92 bits per heavy atom. The quantitative estimate of drug-likeness (QED) is 0.579. The van der Waals surface area contributed by atoms with Crippen molar-refractivity contribution in [2.24, 2.45) is 0 Å². The van der Waals surface area contributed by atoms with Gasteiger partial charge >= 0.3 is 0 Å². The van der Waals surface area contributed by atoms with Gasteiger partial charge in [-0.05, 0) is 30.5 Å². The highest BCUT2D eigenvalue weighted by Crippen LogP contribution is 2.30. The summed E-state index contributed by atoms with van der Waals surface area (Å²) >= 11 is 0. The molecule has 1 aliphatic rings. The maximum atomic E-state index is 13.0. The monoisotopic (exact) mass is 322 g/mol. The number of aromatic amines is 1. The Balaban J connectivity index is 1.79. The van der Waals surface area contributed by atoms with E-state index in [0.717, 1.165) is 24.1 Å². The molecule has 0 spiro atoms. The lowest BCUT2D eigenvalue weighted by Crippen LogP contribution is -2.35. The number of nitrogens with zero attached hydrogens (tertiary/aromatic N) is 3. The van der Waals surface area contributed by atoms with E-state index in [-0.39, 0.29) is 17.3 Å². The predicted molar refractivity (Wildman–Crippen MR) is 89.2 cm³/mol. The maximum absolute atomic E-state index is 13.0. The molecule has 7 nitrogen and oxygen atoms in total. The van der Waals surface area contributed by atoms with Crippen LogP contribution in [0, 0.1) is 10.1 Å². The number of H-pyrrole nitrogens is 1. The van der Waals surface area contributed by atoms with Crippen LogP contribution in [0.25, 0.3) is 10.9 Å². The van der Waals surface area contributed by atoms with E-state index in [4.69, 9.17) is 0 Å². The molecule has 0 radical (unpaired) electrons. The molecule has 2 aromatic carbocycles. The van der Waals surface area contributed by atoms with Gasteiger partial charge in [-0.3, -0.25) is 20.0 Å². The molecule has 4 rings (SSSR count). The van der Waals surface area contributed by atoms with E-state index in [0.29, 0.717) is 17.4 Å². The molecule has 1 amide bonds. The van der Waals surface area contributed by atoms with Crippen LogP contribution in [0.1, 0.15) is 22.5 Å². The van der Waals surface area contributed by atoms with Crippen LogP contribution in [0.5, 0.6) is 0 Å². The molecule has 0 saturated heterocycles. The Kier molecular flexibility index (Phi) is 3.26.